The van der Waals surface area contributed by atoms with Crippen molar-refractivity contribution in [3.8, 4) is 0 Å². The highest BCUT2D eigenvalue weighted by molar-refractivity contribution is 6.28. The van der Waals surface area contributed by atoms with E-state index in [0.717, 1.165) is 0 Å². The van der Waals surface area contributed by atoms with Gasteiger partial charge in [-0.25, -0.2) is 23.7 Å². The number of hydrogen-bond acceptors (Lipinski definition) is 4. The highest BCUT2D eigenvalue weighted by atomic mass is 35.5. The highest BCUT2D eigenvalue weighted by Crippen LogP contribution is 2.27. The molecule has 0 bridgehead atoms. The molecule has 23 heavy (non-hydrogen) atoms. The number of hydrogen-bond donors (Lipinski definition) is 0. The Morgan fingerprint density at radius 3 is 2.61 bits per heavy atom. The van der Waals surface area contributed by atoms with Crippen LogP contribution in [0, 0.1) is 0 Å². The van der Waals surface area contributed by atoms with Gasteiger partial charge in [0.15, 0.2) is 5.82 Å². The zero-order valence-corrected chi connectivity index (χ0v) is 13.3. The third-order valence-corrected chi connectivity index (χ3v) is 3.60. The predicted molar refractivity (Wildman–Crippen MR) is 82.7 cm³/mol. The molecule has 3 heterocycles. The van der Waals surface area contributed by atoms with Gasteiger partial charge in [-0.1, -0.05) is 0 Å². The van der Waals surface area contributed by atoms with E-state index in [0.29, 0.717) is 28.8 Å². The summed E-state index contributed by atoms with van der Waals surface area (Å²) in [7, 11) is 0. The van der Waals surface area contributed by atoms with Gasteiger partial charge in [0.1, 0.15) is 5.52 Å². The number of alkyl halides is 2. The van der Waals surface area contributed by atoms with Crippen LogP contribution in [0.4, 0.5) is 8.78 Å². The number of rotatable bonds is 4. The third kappa shape index (κ3) is 3.14. The smallest absolute Gasteiger partial charge is 0.295 e. The summed E-state index contributed by atoms with van der Waals surface area (Å²) in [5, 5.41) is 0.163. The van der Waals surface area contributed by atoms with E-state index >= 15 is 0 Å². The van der Waals surface area contributed by atoms with Crippen LogP contribution in [-0.4, -0.2) is 24.5 Å². The van der Waals surface area contributed by atoms with Gasteiger partial charge in [0.25, 0.3) is 6.43 Å². The molecule has 0 aliphatic rings. The van der Waals surface area contributed by atoms with Gasteiger partial charge < -0.3 is 4.57 Å². The molecular weight excluding hydrogens is 324 g/mol. The van der Waals surface area contributed by atoms with Crippen molar-refractivity contribution in [2.24, 2.45) is 0 Å². The Balaban J connectivity index is 2.05. The predicted octanol–water partition coefficient (Wildman–Crippen LogP) is 3.98. The van der Waals surface area contributed by atoms with Crippen molar-refractivity contribution in [2.75, 3.05) is 0 Å². The second-order valence-corrected chi connectivity index (χ2v) is 5.73. The van der Waals surface area contributed by atoms with Crippen LogP contribution in [0.5, 0.6) is 0 Å². The molecule has 5 nitrogen and oxygen atoms in total. The quantitative estimate of drug-likeness (QED) is 0.676. The average Bonchev–Trinajstić information content (AvgIpc) is 2.86. The summed E-state index contributed by atoms with van der Waals surface area (Å²) >= 11 is 5.77. The van der Waals surface area contributed by atoms with Crippen LogP contribution in [0.1, 0.15) is 43.5 Å². The monoisotopic (exact) mass is 337 g/mol. The molecule has 0 N–H and O–H groups in total. The normalized spacial score (nSPS) is 11.8. The lowest BCUT2D eigenvalue weighted by Crippen LogP contribution is -2.07. The van der Waals surface area contributed by atoms with E-state index in [1.54, 1.807) is 18.3 Å². The molecule has 3 rings (SSSR count). The fourth-order valence-corrected chi connectivity index (χ4v) is 2.67. The van der Waals surface area contributed by atoms with Gasteiger partial charge in [-0.2, -0.15) is 0 Å². The minimum Gasteiger partial charge on any atom is -0.321 e. The number of nitrogens with zero attached hydrogens (tertiary/aromatic N) is 5. The Kier molecular flexibility index (Phi) is 4.21. The fourth-order valence-electron chi connectivity index (χ4n) is 2.51. The third-order valence-electron chi connectivity index (χ3n) is 3.42. The minimum atomic E-state index is -2.63. The maximum Gasteiger partial charge on any atom is 0.295 e. The summed E-state index contributed by atoms with van der Waals surface area (Å²) in [5.41, 5.74) is 2.51. The molecule has 3 aromatic heterocycles. The molecule has 8 heteroatoms. The number of halogens is 3. The van der Waals surface area contributed by atoms with Crippen molar-refractivity contribution in [3.05, 3.63) is 47.0 Å². The maximum atomic E-state index is 13.2. The van der Waals surface area contributed by atoms with Crippen molar-refractivity contribution in [3.63, 3.8) is 0 Å². The van der Waals surface area contributed by atoms with Gasteiger partial charge in [0, 0.05) is 24.4 Å². The van der Waals surface area contributed by atoms with E-state index in [2.05, 4.69) is 19.9 Å². The molecule has 0 amide bonds. The molecular formula is C15H14ClF2N5. The molecule has 0 aliphatic heterocycles. The van der Waals surface area contributed by atoms with Gasteiger partial charge in [-0.05, 0) is 37.6 Å². The first-order valence-corrected chi connectivity index (χ1v) is 7.46. The number of imidazole rings is 1. The van der Waals surface area contributed by atoms with Crippen LogP contribution in [0.15, 0.2) is 24.5 Å². The van der Waals surface area contributed by atoms with Gasteiger partial charge >= 0.3 is 0 Å². The first kappa shape index (κ1) is 15.7. The molecule has 0 atom stereocenters. The zero-order chi connectivity index (χ0) is 16.6. The lowest BCUT2D eigenvalue weighted by atomic mass is 10.2. The highest BCUT2D eigenvalue weighted by Gasteiger charge is 2.21. The van der Waals surface area contributed by atoms with Gasteiger partial charge in [-0.3, -0.25) is 4.98 Å². The molecule has 0 spiro atoms. The summed E-state index contributed by atoms with van der Waals surface area (Å²) in [4.78, 5) is 16.2. The molecule has 0 fully saturated rings. The van der Waals surface area contributed by atoms with Crippen LogP contribution in [0.2, 0.25) is 5.28 Å². The first-order valence-electron chi connectivity index (χ1n) is 7.08. The standard InChI is InChI=1S/C15H14ClF2N5/c1-8(2)23-12-6-10(5-9-3-4-19-15(16)21-9)20-7-11(12)22-14(23)13(17)18/h3-4,6-8,13H,5H2,1-2H3. The Morgan fingerprint density at radius 2 is 1.96 bits per heavy atom. The lowest BCUT2D eigenvalue weighted by molar-refractivity contribution is 0.134. The van der Waals surface area contributed by atoms with E-state index in [-0.39, 0.29) is 17.1 Å². The summed E-state index contributed by atoms with van der Waals surface area (Å²) in [6, 6.07) is 3.37. The molecule has 0 radical (unpaired) electrons. The van der Waals surface area contributed by atoms with Crippen LogP contribution < -0.4 is 0 Å². The average molecular weight is 338 g/mol. The van der Waals surface area contributed by atoms with E-state index in [1.165, 1.54) is 10.8 Å². The summed E-state index contributed by atoms with van der Waals surface area (Å²) in [5.74, 6) is -0.237. The largest absolute Gasteiger partial charge is 0.321 e. The Morgan fingerprint density at radius 1 is 1.17 bits per heavy atom. The zero-order valence-electron chi connectivity index (χ0n) is 12.5. The summed E-state index contributed by atoms with van der Waals surface area (Å²) in [6.45, 7) is 3.69. The second-order valence-electron chi connectivity index (χ2n) is 5.39. The van der Waals surface area contributed by atoms with Crippen LogP contribution >= 0.6 is 11.6 Å². The van der Waals surface area contributed by atoms with Crippen LogP contribution in [0.3, 0.4) is 0 Å². The number of pyridine rings is 1. The van der Waals surface area contributed by atoms with Gasteiger partial charge in [-0.15, -0.1) is 0 Å². The molecule has 0 unspecified atom stereocenters. The molecule has 3 aromatic rings. The Labute approximate surface area is 136 Å². The maximum absolute atomic E-state index is 13.2. The molecule has 0 aromatic carbocycles. The summed E-state index contributed by atoms with van der Waals surface area (Å²) < 4.78 is 27.9. The van der Waals surface area contributed by atoms with Gasteiger partial charge in [0.05, 0.1) is 17.4 Å². The summed E-state index contributed by atoms with van der Waals surface area (Å²) in [6.07, 6.45) is 0.883. The Bertz CT molecular complexity index is 847. The number of aromatic nitrogens is 5. The molecule has 0 aliphatic carbocycles. The lowest BCUT2D eigenvalue weighted by Gasteiger charge is -2.12. The van der Waals surface area contributed by atoms with Crippen molar-refractivity contribution in [1.82, 2.24) is 24.5 Å². The molecule has 0 saturated heterocycles. The van der Waals surface area contributed by atoms with Crippen molar-refractivity contribution < 1.29 is 8.78 Å². The van der Waals surface area contributed by atoms with E-state index < -0.39 is 6.43 Å². The number of fused-ring (bicyclic) bond motifs is 1. The van der Waals surface area contributed by atoms with Crippen molar-refractivity contribution >= 4 is 22.6 Å². The SMILES string of the molecule is CC(C)n1c(C(F)F)nc2cnc(Cc3ccnc(Cl)n3)cc21. The van der Waals surface area contributed by atoms with E-state index in [9.17, 15) is 8.78 Å². The Hall–Kier alpha value is -2.15. The minimum absolute atomic E-state index is 0.132. The van der Waals surface area contributed by atoms with Gasteiger partial charge in [0.2, 0.25) is 5.28 Å². The topological polar surface area (TPSA) is 56.5 Å². The van der Waals surface area contributed by atoms with Crippen molar-refractivity contribution in [1.29, 1.82) is 0 Å². The molecule has 0 saturated carbocycles. The fraction of sp³-hybridized carbons (Fsp3) is 0.333. The van der Waals surface area contributed by atoms with E-state index in [1.807, 2.05) is 13.8 Å². The van der Waals surface area contributed by atoms with Crippen LogP contribution in [0.25, 0.3) is 11.0 Å². The van der Waals surface area contributed by atoms with E-state index in [4.69, 9.17) is 11.6 Å². The first-order chi connectivity index (χ1) is 11.0. The van der Waals surface area contributed by atoms with Crippen LogP contribution in [-0.2, 0) is 6.42 Å². The second kappa shape index (κ2) is 6.16. The van der Waals surface area contributed by atoms with Crippen molar-refractivity contribution in [2.45, 2.75) is 32.7 Å². The molecule has 120 valence electrons.